The van der Waals surface area contributed by atoms with E-state index in [1.54, 1.807) is 0 Å². The molecule has 2 saturated carbocycles. The van der Waals surface area contributed by atoms with E-state index in [0.717, 1.165) is 19.3 Å². The number of esters is 1. The zero-order chi connectivity index (χ0) is 13.7. The maximum Gasteiger partial charge on any atom is 0.316 e. The maximum atomic E-state index is 12.9. The van der Waals surface area contributed by atoms with Gasteiger partial charge in [-0.1, -0.05) is 13.8 Å². The van der Waals surface area contributed by atoms with Crippen LogP contribution in [0, 0.1) is 10.8 Å². The van der Waals surface area contributed by atoms with E-state index >= 15 is 0 Å². The molecule has 4 aliphatic rings. The SMILES string of the molecule is CC1(OC(=O)C2(C34NC3(C)N4)CC2(C)C)CCCC1. The summed E-state index contributed by atoms with van der Waals surface area (Å²) in [5.41, 5.74) is -0.737. The predicted molar refractivity (Wildman–Crippen MR) is 71.2 cm³/mol. The minimum Gasteiger partial charge on any atom is -0.459 e. The van der Waals surface area contributed by atoms with Crippen LogP contribution in [0.1, 0.15) is 59.8 Å². The van der Waals surface area contributed by atoms with Gasteiger partial charge in [0.15, 0.2) is 0 Å². The lowest BCUT2D eigenvalue weighted by atomic mass is 9.89. The Morgan fingerprint density at radius 3 is 1.89 bits per heavy atom. The zero-order valence-corrected chi connectivity index (χ0v) is 12.4. The van der Waals surface area contributed by atoms with Crippen LogP contribution in [-0.4, -0.2) is 22.9 Å². The second-order valence-corrected chi connectivity index (χ2v) is 8.14. The molecule has 2 N–H and O–H groups in total. The first-order valence-electron chi connectivity index (χ1n) is 7.53. The molecule has 4 rings (SSSR count). The Bertz CT molecular complexity index is 473. The van der Waals surface area contributed by atoms with Crippen molar-refractivity contribution in [1.29, 1.82) is 0 Å². The molecule has 1 atom stereocenters. The van der Waals surface area contributed by atoms with Crippen LogP contribution in [0.2, 0.25) is 0 Å². The number of rotatable bonds is 3. The second-order valence-electron chi connectivity index (χ2n) is 8.14. The van der Waals surface area contributed by atoms with Gasteiger partial charge in [0, 0.05) is 0 Å². The fourth-order valence-corrected chi connectivity index (χ4v) is 4.62. The van der Waals surface area contributed by atoms with E-state index in [9.17, 15) is 4.79 Å². The van der Waals surface area contributed by atoms with Crippen LogP contribution in [0.15, 0.2) is 0 Å². The van der Waals surface area contributed by atoms with E-state index in [4.69, 9.17) is 4.74 Å². The lowest BCUT2D eigenvalue weighted by Crippen LogP contribution is -2.44. The van der Waals surface area contributed by atoms with Gasteiger partial charge in [-0.15, -0.1) is 0 Å². The number of carbonyl (C=O) groups is 1. The molecule has 0 spiro atoms. The zero-order valence-electron chi connectivity index (χ0n) is 12.4. The van der Waals surface area contributed by atoms with Gasteiger partial charge < -0.3 is 4.74 Å². The van der Waals surface area contributed by atoms with Gasteiger partial charge in [0.05, 0.1) is 0 Å². The molecule has 0 bridgehead atoms. The molecule has 0 aromatic rings. The van der Waals surface area contributed by atoms with Crippen molar-refractivity contribution in [2.45, 2.75) is 76.7 Å². The average molecular weight is 264 g/mol. The van der Waals surface area contributed by atoms with Gasteiger partial charge in [-0.05, 0) is 51.4 Å². The van der Waals surface area contributed by atoms with Crippen molar-refractivity contribution in [1.82, 2.24) is 10.6 Å². The molecular formula is C15H24N2O2. The molecule has 2 heterocycles. The minimum absolute atomic E-state index is 0.0168. The smallest absolute Gasteiger partial charge is 0.316 e. The molecule has 0 aromatic heterocycles. The molecule has 0 amide bonds. The van der Waals surface area contributed by atoms with Crippen LogP contribution in [0.3, 0.4) is 0 Å². The highest BCUT2D eigenvalue weighted by Gasteiger charge is 2.97. The summed E-state index contributed by atoms with van der Waals surface area (Å²) in [4.78, 5) is 12.9. The third-order valence-corrected chi connectivity index (χ3v) is 6.23. The number of hydrogen-bond acceptors (Lipinski definition) is 4. The first-order chi connectivity index (χ1) is 8.71. The molecular weight excluding hydrogens is 240 g/mol. The highest BCUT2D eigenvalue weighted by atomic mass is 16.6. The monoisotopic (exact) mass is 264 g/mol. The van der Waals surface area contributed by atoms with Crippen molar-refractivity contribution in [3.8, 4) is 0 Å². The fourth-order valence-electron chi connectivity index (χ4n) is 4.62. The molecule has 2 saturated heterocycles. The third kappa shape index (κ3) is 1.21. The molecule has 0 radical (unpaired) electrons. The first kappa shape index (κ1) is 12.2. The van der Waals surface area contributed by atoms with Crippen molar-refractivity contribution in [3.63, 3.8) is 0 Å². The largest absolute Gasteiger partial charge is 0.459 e. The van der Waals surface area contributed by atoms with Gasteiger partial charge in [-0.25, -0.2) is 0 Å². The van der Waals surface area contributed by atoms with Crippen molar-refractivity contribution < 1.29 is 9.53 Å². The van der Waals surface area contributed by atoms with Crippen LogP contribution >= 0.6 is 0 Å². The quantitative estimate of drug-likeness (QED) is 0.603. The minimum atomic E-state index is -0.361. The topological polar surface area (TPSA) is 70.2 Å². The molecule has 106 valence electrons. The molecule has 2 aliphatic carbocycles. The average Bonchev–Trinajstić information content (AvgIpc) is 3.10. The van der Waals surface area contributed by atoms with Gasteiger partial charge in [0.25, 0.3) is 0 Å². The molecule has 19 heavy (non-hydrogen) atoms. The highest BCUT2D eigenvalue weighted by Crippen LogP contribution is 2.79. The molecule has 1 unspecified atom stereocenters. The summed E-state index contributed by atoms with van der Waals surface area (Å²) in [6, 6.07) is 0. The summed E-state index contributed by atoms with van der Waals surface area (Å²) >= 11 is 0. The Labute approximate surface area is 114 Å². The number of hydrogen-bond donors (Lipinski definition) is 2. The number of ether oxygens (including phenoxy) is 1. The van der Waals surface area contributed by atoms with Crippen molar-refractivity contribution in [3.05, 3.63) is 0 Å². The van der Waals surface area contributed by atoms with Gasteiger partial charge >= 0.3 is 5.97 Å². The molecule has 4 fully saturated rings. The Kier molecular flexibility index (Phi) is 1.83. The molecule has 4 nitrogen and oxygen atoms in total. The molecule has 2 aliphatic heterocycles. The Balaban J connectivity index is 1.59. The van der Waals surface area contributed by atoms with Crippen LogP contribution in [0.5, 0.6) is 0 Å². The van der Waals surface area contributed by atoms with Crippen molar-refractivity contribution in [2.75, 3.05) is 0 Å². The summed E-state index contributed by atoms with van der Waals surface area (Å²) in [5.74, 6) is 0.0168. The number of carbonyl (C=O) groups excluding carboxylic acids is 1. The maximum absolute atomic E-state index is 12.9. The van der Waals surface area contributed by atoms with E-state index in [1.165, 1.54) is 12.8 Å². The van der Waals surface area contributed by atoms with E-state index in [1.807, 2.05) is 0 Å². The molecule has 0 aromatic carbocycles. The van der Waals surface area contributed by atoms with Crippen LogP contribution in [0.4, 0.5) is 0 Å². The van der Waals surface area contributed by atoms with Gasteiger partial charge in [0.2, 0.25) is 0 Å². The van der Waals surface area contributed by atoms with Gasteiger partial charge in [-0.2, -0.15) is 0 Å². The predicted octanol–water partition coefficient (Wildman–Crippen LogP) is 1.90. The second kappa shape index (κ2) is 2.86. The van der Waals surface area contributed by atoms with Crippen molar-refractivity contribution in [2.24, 2.45) is 10.8 Å². The van der Waals surface area contributed by atoms with Crippen LogP contribution in [-0.2, 0) is 9.53 Å². The van der Waals surface area contributed by atoms with E-state index in [-0.39, 0.29) is 33.7 Å². The summed E-state index contributed by atoms with van der Waals surface area (Å²) in [6.07, 6.45) is 5.31. The number of fused-ring (bicyclic) bond motifs is 1. The summed E-state index contributed by atoms with van der Waals surface area (Å²) in [6.45, 7) is 8.59. The summed E-state index contributed by atoms with van der Waals surface area (Å²) < 4.78 is 5.98. The Morgan fingerprint density at radius 2 is 1.53 bits per heavy atom. The van der Waals surface area contributed by atoms with E-state index in [0.29, 0.717) is 0 Å². The van der Waals surface area contributed by atoms with Crippen LogP contribution in [0.25, 0.3) is 0 Å². The lowest BCUT2D eigenvalue weighted by molar-refractivity contribution is -0.167. The van der Waals surface area contributed by atoms with Gasteiger partial charge in [-0.3, -0.25) is 15.4 Å². The van der Waals surface area contributed by atoms with E-state index < -0.39 is 0 Å². The third-order valence-electron chi connectivity index (χ3n) is 6.23. The Hall–Kier alpha value is -0.610. The van der Waals surface area contributed by atoms with Crippen LogP contribution < -0.4 is 10.6 Å². The highest BCUT2D eigenvalue weighted by molar-refractivity contribution is 5.87. The first-order valence-corrected chi connectivity index (χ1v) is 7.53. The van der Waals surface area contributed by atoms with Crippen molar-refractivity contribution >= 4 is 5.97 Å². The number of nitrogens with one attached hydrogen (secondary N) is 2. The summed E-state index contributed by atoms with van der Waals surface area (Å²) in [5, 5.41) is 6.90. The Morgan fingerprint density at radius 1 is 1.05 bits per heavy atom. The van der Waals surface area contributed by atoms with Gasteiger partial charge in [0.1, 0.15) is 22.3 Å². The fraction of sp³-hybridized carbons (Fsp3) is 0.933. The normalized spacial score (nSPS) is 51.4. The standard InChI is InChI=1S/C15H24N2O2/c1-11(2)9-14(11,15-13(4,16-15)17-15)10(18)19-12(3)7-5-6-8-12/h16-17H,5-9H2,1-4H3. The van der Waals surface area contributed by atoms with E-state index in [2.05, 4.69) is 38.3 Å². The lowest BCUT2D eigenvalue weighted by Gasteiger charge is -2.29. The molecule has 4 heteroatoms. The summed E-state index contributed by atoms with van der Waals surface area (Å²) in [7, 11) is 0.